The molecule has 3 rings (SSSR count). The molecule has 5 nitrogen and oxygen atoms in total. The van der Waals surface area contributed by atoms with Crippen LogP contribution in [0, 0.1) is 0 Å². The van der Waals surface area contributed by atoms with Gasteiger partial charge in [-0.05, 0) is 23.8 Å². The summed E-state index contributed by atoms with van der Waals surface area (Å²) >= 11 is 3.47. The molecule has 6 heteroatoms. The van der Waals surface area contributed by atoms with E-state index in [9.17, 15) is 4.79 Å². The number of morpholine rings is 1. The minimum absolute atomic E-state index is 0.0599. The molecule has 0 saturated carbocycles. The van der Waals surface area contributed by atoms with E-state index in [1.54, 1.807) is 0 Å². The monoisotopic (exact) mass is 355 g/mol. The van der Waals surface area contributed by atoms with Gasteiger partial charge in [-0.15, -0.1) is 0 Å². The van der Waals surface area contributed by atoms with Gasteiger partial charge < -0.3 is 14.6 Å². The first-order valence-electron chi connectivity index (χ1n) is 7.10. The van der Waals surface area contributed by atoms with Crippen LogP contribution < -0.4 is 4.74 Å². The molecule has 2 heterocycles. The van der Waals surface area contributed by atoms with Crippen LogP contribution in [0.2, 0.25) is 0 Å². The molecule has 0 aliphatic carbocycles. The lowest BCUT2D eigenvalue weighted by atomic mass is 10.1. The predicted octanol–water partition coefficient (Wildman–Crippen LogP) is 1.93. The summed E-state index contributed by atoms with van der Waals surface area (Å²) in [6, 6.07) is 5.98. The Morgan fingerprint density at radius 3 is 3.14 bits per heavy atom. The second-order valence-electron chi connectivity index (χ2n) is 5.52. The normalized spacial score (nSPS) is 25.4. The third-order valence-corrected chi connectivity index (χ3v) is 4.45. The van der Waals surface area contributed by atoms with Gasteiger partial charge in [0.1, 0.15) is 11.9 Å². The SMILES string of the molecule is O=C(O)CC1COCCN1CC1Cc2cc(Br)ccc2O1. The molecule has 1 fully saturated rings. The van der Waals surface area contributed by atoms with E-state index in [1.807, 2.05) is 12.1 Å². The zero-order valence-electron chi connectivity index (χ0n) is 11.6. The molecule has 0 bridgehead atoms. The summed E-state index contributed by atoms with van der Waals surface area (Å²) in [5, 5.41) is 9.00. The predicted molar refractivity (Wildman–Crippen MR) is 80.7 cm³/mol. The standard InChI is InChI=1S/C15H18BrNO4/c16-11-1-2-14-10(5-11)6-13(21-14)8-17-3-4-20-9-12(17)7-15(18)19/h1-2,5,12-13H,3-4,6-9H2,(H,18,19). The fourth-order valence-electron chi connectivity index (χ4n) is 2.97. The molecular weight excluding hydrogens is 338 g/mol. The summed E-state index contributed by atoms with van der Waals surface area (Å²) in [6.45, 7) is 2.64. The highest BCUT2D eigenvalue weighted by Crippen LogP contribution is 2.31. The largest absolute Gasteiger partial charge is 0.488 e. The van der Waals surface area contributed by atoms with Gasteiger partial charge in [0.2, 0.25) is 0 Å². The first kappa shape index (κ1) is 14.8. The molecule has 0 amide bonds. The number of carboxylic acids is 1. The molecule has 2 aliphatic heterocycles. The van der Waals surface area contributed by atoms with Crippen LogP contribution in [0.4, 0.5) is 0 Å². The van der Waals surface area contributed by atoms with Crippen LogP contribution >= 0.6 is 15.9 Å². The molecule has 0 radical (unpaired) electrons. The number of hydrogen-bond donors (Lipinski definition) is 1. The summed E-state index contributed by atoms with van der Waals surface area (Å²) in [4.78, 5) is 13.1. The average Bonchev–Trinajstić information content (AvgIpc) is 2.82. The first-order valence-corrected chi connectivity index (χ1v) is 7.90. The number of benzene rings is 1. The quantitative estimate of drug-likeness (QED) is 0.894. The smallest absolute Gasteiger partial charge is 0.305 e. The molecule has 2 aliphatic rings. The van der Waals surface area contributed by atoms with Crippen LogP contribution in [0.1, 0.15) is 12.0 Å². The van der Waals surface area contributed by atoms with E-state index < -0.39 is 5.97 Å². The van der Waals surface area contributed by atoms with Gasteiger partial charge in [0.05, 0.1) is 19.6 Å². The zero-order valence-corrected chi connectivity index (χ0v) is 13.2. The Balaban J connectivity index is 1.62. The number of rotatable bonds is 4. The Bertz CT molecular complexity index is 536. The zero-order chi connectivity index (χ0) is 14.8. The lowest BCUT2D eigenvalue weighted by Crippen LogP contribution is -2.50. The number of halogens is 1. The van der Waals surface area contributed by atoms with Gasteiger partial charge in [-0.25, -0.2) is 0 Å². The van der Waals surface area contributed by atoms with E-state index in [0.717, 1.165) is 29.7 Å². The molecule has 0 spiro atoms. The molecule has 2 atom stereocenters. The Hall–Kier alpha value is -1.11. The second kappa shape index (κ2) is 6.34. The first-order chi connectivity index (χ1) is 10.1. The van der Waals surface area contributed by atoms with E-state index in [4.69, 9.17) is 14.6 Å². The van der Waals surface area contributed by atoms with Gasteiger partial charge in [0, 0.05) is 30.0 Å². The minimum Gasteiger partial charge on any atom is -0.488 e. The topological polar surface area (TPSA) is 59.0 Å². The van der Waals surface area contributed by atoms with Crippen molar-refractivity contribution in [3.63, 3.8) is 0 Å². The van der Waals surface area contributed by atoms with Crippen molar-refractivity contribution in [2.24, 2.45) is 0 Å². The molecular formula is C15H18BrNO4. The maximum Gasteiger partial charge on any atom is 0.305 e. The van der Waals surface area contributed by atoms with Crippen molar-refractivity contribution >= 4 is 21.9 Å². The van der Waals surface area contributed by atoms with Crippen molar-refractivity contribution in [2.45, 2.75) is 25.0 Å². The lowest BCUT2D eigenvalue weighted by Gasteiger charge is -2.36. The van der Waals surface area contributed by atoms with Crippen LogP contribution in [-0.2, 0) is 16.0 Å². The highest BCUT2D eigenvalue weighted by Gasteiger charge is 2.31. The summed E-state index contributed by atoms with van der Waals surface area (Å²) in [7, 11) is 0. The molecule has 1 N–H and O–H groups in total. The number of ether oxygens (including phenoxy) is 2. The van der Waals surface area contributed by atoms with Gasteiger partial charge in [-0.2, -0.15) is 0 Å². The number of aliphatic carboxylic acids is 1. The van der Waals surface area contributed by atoms with Crippen LogP contribution in [0.3, 0.4) is 0 Å². The third kappa shape index (κ3) is 3.56. The van der Waals surface area contributed by atoms with Gasteiger partial charge in [0.15, 0.2) is 0 Å². The van der Waals surface area contributed by atoms with E-state index in [2.05, 4.69) is 26.9 Å². The van der Waals surface area contributed by atoms with E-state index >= 15 is 0 Å². The van der Waals surface area contributed by atoms with Crippen molar-refractivity contribution in [1.29, 1.82) is 0 Å². The van der Waals surface area contributed by atoms with E-state index in [1.165, 1.54) is 5.56 Å². The average molecular weight is 356 g/mol. The number of carboxylic acid groups (broad SMARTS) is 1. The highest BCUT2D eigenvalue weighted by atomic mass is 79.9. The molecule has 1 aromatic carbocycles. The van der Waals surface area contributed by atoms with E-state index in [-0.39, 0.29) is 18.6 Å². The highest BCUT2D eigenvalue weighted by molar-refractivity contribution is 9.10. The Labute approximate surface area is 132 Å². The molecule has 1 saturated heterocycles. The fourth-order valence-corrected chi connectivity index (χ4v) is 3.38. The minimum atomic E-state index is -0.782. The van der Waals surface area contributed by atoms with Crippen LogP contribution in [0.15, 0.2) is 22.7 Å². The maximum atomic E-state index is 10.9. The maximum absolute atomic E-state index is 10.9. The van der Waals surface area contributed by atoms with Crippen molar-refractivity contribution < 1.29 is 19.4 Å². The number of nitrogens with zero attached hydrogens (tertiary/aromatic N) is 1. The summed E-state index contributed by atoms with van der Waals surface area (Å²) in [5.41, 5.74) is 1.21. The Morgan fingerprint density at radius 2 is 2.33 bits per heavy atom. The Morgan fingerprint density at radius 1 is 1.48 bits per heavy atom. The van der Waals surface area contributed by atoms with E-state index in [0.29, 0.717) is 13.2 Å². The van der Waals surface area contributed by atoms with Crippen molar-refractivity contribution in [3.8, 4) is 5.75 Å². The number of carbonyl (C=O) groups is 1. The van der Waals surface area contributed by atoms with Gasteiger partial charge in [-0.1, -0.05) is 15.9 Å². The molecule has 1 aromatic rings. The van der Waals surface area contributed by atoms with Crippen molar-refractivity contribution in [1.82, 2.24) is 4.90 Å². The van der Waals surface area contributed by atoms with Crippen LogP contribution in [-0.4, -0.2) is 54.4 Å². The second-order valence-corrected chi connectivity index (χ2v) is 6.43. The fraction of sp³-hybridized carbons (Fsp3) is 0.533. The summed E-state index contributed by atoms with van der Waals surface area (Å²) in [5.74, 6) is 0.154. The van der Waals surface area contributed by atoms with Gasteiger partial charge in [-0.3, -0.25) is 9.69 Å². The molecule has 21 heavy (non-hydrogen) atoms. The summed E-state index contributed by atoms with van der Waals surface area (Å²) < 4.78 is 12.4. The van der Waals surface area contributed by atoms with Gasteiger partial charge >= 0.3 is 5.97 Å². The number of fused-ring (bicyclic) bond motifs is 1. The van der Waals surface area contributed by atoms with Crippen LogP contribution in [0.5, 0.6) is 5.75 Å². The molecule has 114 valence electrons. The van der Waals surface area contributed by atoms with Crippen molar-refractivity contribution in [3.05, 3.63) is 28.2 Å². The van der Waals surface area contributed by atoms with Crippen LogP contribution in [0.25, 0.3) is 0 Å². The third-order valence-electron chi connectivity index (χ3n) is 3.96. The molecule has 2 unspecified atom stereocenters. The lowest BCUT2D eigenvalue weighted by molar-refractivity contribution is -0.140. The number of hydrogen-bond acceptors (Lipinski definition) is 4. The van der Waals surface area contributed by atoms with Crippen molar-refractivity contribution in [2.75, 3.05) is 26.3 Å². The Kier molecular flexibility index (Phi) is 4.47. The molecule has 0 aromatic heterocycles. The summed E-state index contributed by atoms with van der Waals surface area (Å²) in [6.07, 6.45) is 1.07. The van der Waals surface area contributed by atoms with Gasteiger partial charge in [0.25, 0.3) is 0 Å².